The molecule has 3 heteroatoms. The van der Waals surface area contributed by atoms with Crippen LogP contribution in [0, 0.1) is 0 Å². The van der Waals surface area contributed by atoms with Crippen LogP contribution in [0.15, 0.2) is 12.2 Å². The van der Waals surface area contributed by atoms with E-state index < -0.39 is 0 Å². The molecule has 1 unspecified atom stereocenters. The number of ether oxygens (including phenoxy) is 2. The van der Waals surface area contributed by atoms with E-state index in [0.29, 0.717) is 13.2 Å². The van der Waals surface area contributed by atoms with Crippen molar-refractivity contribution in [3.05, 3.63) is 12.2 Å². The number of carbonyl (C=O) groups excluding carboxylic acids is 1. The summed E-state index contributed by atoms with van der Waals surface area (Å²) in [6.07, 6.45) is 0.690. The Morgan fingerprint density at radius 3 is 2.54 bits per heavy atom. The van der Waals surface area contributed by atoms with E-state index in [1.807, 2.05) is 13.8 Å². The van der Waals surface area contributed by atoms with Crippen molar-refractivity contribution in [2.45, 2.75) is 33.3 Å². The van der Waals surface area contributed by atoms with Crippen LogP contribution < -0.4 is 0 Å². The molecule has 0 spiro atoms. The van der Waals surface area contributed by atoms with Crippen LogP contribution in [-0.4, -0.2) is 25.3 Å². The van der Waals surface area contributed by atoms with Crippen LogP contribution in [0.3, 0.4) is 0 Å². The molecule has 76 valence electrons. The monoisotopic (exact) mass is 186 g/mol. The molecular formula is C10H18O3. The van der Waals surface area contributed by atoms with Gasteiger partial charge in [0, 0.05) is 6.92 Å². The van der Waals surface area contributed by atoms with E-state index in [0.717, 1.165) is 12.0 Å². The van der Waals surface area contributed by atoms with Gasteiger partial charge in [0.15, 0.2) is 0 Å². The number of carbonyl (C=O) groups is 1. The van der Waals surface area contributed by atoms with E-state index in [2.05, 4.69) is 6.58 Å². The number of esters is 1. The minimum absolute atomic E-state index is 0.164. The Morgan fingerprint density at radius 1 is 1.46 bits per heavy atom. The fourth-order valence-electron chi connectivity index (χ4n) is 0.813. The Hall–Kier alpha value is -0.830. The Balaban J connectivity index is 3.31. The van der Waals surface area contributed by atoms with Crippen LogP contribution in [0.25, 0.3) is 0 Å². The molecule has 0 rings (SSSR count). The van der Waals surface area contributed by atoms with Crippen molar-refractivity contribution in [2.24, 2.45) is 0 Å². The fourth-order valence-corrected chi connectivity index (χ4v) is 0.813. The molecule has 0 aromatic carbocycles. The summed E-state index contributed by atoms with van der Waals surface area (Å²) in [5, 5.41) is 0. The molecule has 0 aliphatic heterocycles. The summed E-state index contributed by atoms with van der Waals surface area (Å²) in [5.41, 5.74) is 1.10. The highest BCUT2D eigenvalue weighted by Crippen LogP contribution is 1.97. The fraction of sp³-hybridized carbons (Fsp3) is 0.700. The summed E-state index contributed by atoms with van der Waals surface area (Å²) in [7, 11) is 0. The third-order valence-corrected chi connectivity index (χ3v) is 1.39. The normalized spacial score (nSPS) is 12.2. The van der Waals surface area contributed by atoms with E-state index in [1.165, 1.54) is 6.92 Å². The summed E-state index contributed by atoms with van der Waals surface area (Å²) in [6, 6.07) is 0. The van der Waals surface area contributed by atoms with Gasteiger partial charge >= 0.3 is 5.97 Å². The largest absolute Gasteiger partial charge is 0.460 e. The molecule has 0 N–H and O–H groups in total. The van der Waals surface area contributed by atoms with Gasteiger partial charge in [-0.15, -0.1) is 6.58 Å². The summed E-state index contributed by atoms with van der Waals surface area (Å²) < 4.78 is 10.1. The summed E-state index contributed by atoms with van der Waals surface area (Å²) in [4.78, 5) is 10.5. The first-order chi connectivity index (χ1) is 6.02. The second-order valence-corrected chi connectivity index (χ2v) is 3.20. The lowest BCUT2D eigenvalue weighted by Gasteiger charge is -2.11. The van der Waals surface area contributed by atoms with Gasteiger partial charge in [0.25, 0.3) is 0 Å². The third kappa shape index (κ3) is 9.08. The average molecular weight is 186 g/mol. The van der Waals surface area contributed by atoms with Gasteiger partial charge in [0.1, 0.15) is 6.10 Å². The van der Waals surface area contributed by atoms with Crippen LogP contribution >= 0.6 is 0 Å². The molecule has 0 amide bonds. The minimum atomic E-state index is -0.268. The van der Waals surface area contributed by atoms with Crippen molar-refractivity contribution in [3.8, 4) is 0 Å². The first kappa shape index (κ1) is 12.2. The topological polar surface area (TPSA) is 35.5 Å². The molecule has 0 radical (unpaired) electrons. The van der Waals surface area contributed by atoms with Crippen LogP contribution in [0.1, 0.15) is 27.2 Å². The van der Waals surface area contributed by atoms with E-state index in [1.54, 1.807) is 0 Å². The highest BCUT2D eigenvalue weighted by Gasteiger charge is 2.04. The number of hydrogen-bond acceptors (Lipinski definition) is 3. The summed E-state index contributed by atoms with van der Waals surface area (Å²) in [5.74, 6) is -0.268. The highest BCUT2D eigenvalue weighted by atomic mass is 16.6. The molecule has 0 aromatic heterocycles. The number of hydrogen-bond donors (Lipinski definition) is 0. The Kier molecular flexibility index (Phi) is 6.24. The lowest BCUT2D eigenvalue weighted by atomic mass is 10.3. The van der Waals surface area contributed by atoms with Gasteiger partial charge in [-0.3, -0.25) is 4.79 Å². The van der Waals surface area contributed by atoms with Gasteiger partial charge in [-0.1, -0.05) is 5.57 Å². The molecule has 0 heterocycles. The van der Waals surface area contributed by atoms with Crippen molar-refractivity contribution < 1.29 is 14.3 Å². The van der Waals surface area contributed by atoms with Gasteiger partial charge in [-0.2, -0.15) is 0 Å². The first-order valence-corrected chi connectivity index (χ1v) is 4.41. The SMILES string of the molecule is C=C(C)CCOCC(C)OC(C)=O. The maximum absolute atomic E-state index is 10.5. The van der Waals surface area contributed by atoms with Crippen molar-refractivity contribution in [1.82, 2.24) is 0 Å². The second-order valence-electron chi connectivity index (χ2n) is 3.20. The molecule has 0 aliphatic rings. The smallest absolute Gasteiger partial charge is 0.302 e. The van der Waals surface area contributed by atoms with Crippen LogP contribution in [0.5, 0.6) is 0 Å². The quantitative estimate of drug-likeness (QED) is 0.361. The van der Waals surface area contributed by atoms with E-state index in [-0.39, 0.29) is 12.1 Å². The molecular weight excluding hydrogens is 168 g/mol. The standard InChI is InChI=1S/C10H18O3/c1-8(2)5-6-12-7-9(3)13-10(4)11/h9H,1,5-7H2,2-4H3. The third-order valence-electron chi connectivity index (χ3n) is 1.39. The maximum Gasteiger partial charge on any atom is 0.302 e. The summed E-state index contributed by atoms with van der Waals surface area (Å²) in [6.45, 7) is 10.0. The second kappa shape index (κ2) is 6.66. The van der Waals surface area contributed by atoms with E-state index in [4.69, 9.17) is 9.47 Å². The highest BCUT2D eigenvalue weighted by molar-refractivity contribution is 5.66. The van der Waals surface area contributed by atoms with Gasteiger partial charge < -0.3 is 9.47 Å². The van der Waals surface area contributed by atoms with Crippen molar-refractivity contribution >= 4 is 5.97 Å². The molecule has 0 fully saturated rings. The lowest BCUT2D eigenvalue weighted by Crippen LogP contribution is -2.18. The Morgan fingerprint density at radius 2 is 2.08 bits per heavy atom. The van der Waals surface area contributed by atoms with Crippen LogP contribution in [0.4, 0.5) is 0 Å². The predicted molar refractivity (Wildman–Crippen MR) is 51.5 cm³/mol. The molecule has 0 saturated carbocycles. The molecule has 13 heavy (non-hydrogen) atoms. The van der Waals surface area contributed by atoms with Crippen molar-refractivity contribution in [2.75, 3.05) is 13.2 Å². The van der Waals surface area contributed by atoms with Gasteiger partial charge in [0.05, 0.1) is 13.2 Å². The van der Waals surface area contributed by atoms with Crippen molar-refractivity contribution in [1.29, 1.82) is 0 Å². The molecule has 0 aromatic rings. The number of rotatable bonds is 6. The zero-order chi connectivity index (χ0) is 10.3. The van der Waals surface area contributed by atoms with Gasteiger partial charge in [0.2, 0.25) is 0 Å². The first-order valence-electron chi connectivity index (χ1n) is 4.41. The van der Waals surface area contributed by atoms with Gasteiger partial charge in [-0.25, -0.2) is 0 Å². The minimum Gasteiger partial charge on any atom is -0.460 e. The van der Waals surface area contributed by atoms with Gasteiger partial charge in [-0.05, 0) is 20.3 Å². The van der Waals surface area contributed by atoms with Crippen molar-refractivity contribution in [3.63, 3.8) is 0 Å². The molecule has 0 bridgehead atoms. The summed E-state index contributed by atoms with van der Waals surface area (Å²) >= 11 is 0. The molecule has 0 aliphatic carbocycles. The predicted octanol–water partition coefficient (Wildman–Crippen LogP) is 1.92. The van der Waals surface area contributed by atoms with E-state index >= 15 is 0 Å². The van der Waals surface area contributed by atoms with E-state index in [9.17, 15) is 4.79 Å². The molecule has 0 saturated heterocycles. The van der Waals surface area contributed by atoms with Crippen LogP contribution in [-0.2, 0) is 14.3 Å². The lowest BCUT2D eigenvalue weighted by molar-refractivity contribution is -0.148. The average Bonchev–Trinajstić information content (AvgIpc) is 1.96. The van der Waals surface area contributed by atoms with Crippen LogP contribution in [0.2, 0.25) is 0 Å². The molecule has 3 nitrogen and oxygen atoms in total. The zero-order valence-electron chi connectivity index (χ0n) is 8.63. The Bertz CT molecular complexity index is 175. The maximum atomic E-state index is 10.5. The zero-order valence-corrected chi connectivity index (χ0v) is 8.63. The Labute approximate surface area is 79.7 Å². The molecule has 1 atom stereocenters.